The van der Waals surface area contributed by atoms with E-state index in [9.17, 15) is 9.59 Å². The predicted molar refractivity (Wildman–Crippen MR) is 145 cm³/mol. The molecule has 1 saturated carbocycles. The first-order valence-corrected chi connectivity index (χ1v) is 14.1. The maximum absolute atomic E-state index is 12.0. The second-order valence-corrected chi connectivity index (χ2v) is 10.6. The summed E-state index contributed by atoms with van der Waals surface area (Å²) in [6.07, 6.45) is 5.75. The monoisotopic (exact) mass is 559 g/mol. The van der Waals surface area contributed by atoms with Crippen molar-refractivity contribution in [2.45, 2.75) is 45.8 Å². The number of H-pyrrole nitrogens is 1. The van der Waals surface area contributed by atoms with Gasteiger partial charge in [0, 0.05) is 12.5 Å². The van der Waals surface area contributed by atoms with Crippen LogP contribution in [0.1, 0.15) is 36.8 Å². The Hall–Kier alpha value is -3.31. The summed E-state index contributed by atoms with van der Waals surface area (Å²) >= 11 is 0. The number of carbonyl (C=O) groups excluding carboxylic acids is 1. The third-order valence-electron chi connectivity index (χ3n) is 6.42. The Kier molecular flexibility index (Phi) is 10.4. The van der Waals surface area contributed by atoms with Gasteiger partial charge in [-0.3, -0.25) is 14.6 Å². The number of nitrogens with two attached hydrogens (primary N) is 1. The zero-order chi connectivity index (χ0) is 27.6. The van der Waals surface area contributed by atoms with Crippen LogP contribution in [0.15, 0.2) is 46.9 Å². The van der Waals surface area contributed by atoms with E-state index < -0.39 is 13.9 Å². The largest absolute Gasteiger partial charge is 0.495 e. The number of allylic oxidation sites excluding steroid dienone is 1. The van der Waals surface area contributed by atoms with Crippen molar-refractivity contribution >= 4 is 32.0 Å². The summed E-state index contributed by atoms with van der Waals surface area (Å²) in [6.45, 7) is 3.58. The maximum Gasteiger partial charge on any atom is 0.298 e. The lowest BCUT2D eigenvalue weighted by atomic mass is 10.0. The van der Waals surface area contributed by atoms with Crippen LogP contribution in [0.5, 0.6) is 0 Å². The van der Waals surface area contributed by atoms with E-state index in [1.54, 1.807) is 4.57 Å². The zero-order valence-corrected chi connectivity index (χ0v) is 23.0. The van der Waals surface area contributed by atoms with Gasteiger partial charge in [0.15, 0.2) is 31.1 Å². The van der Waals surface area contributed by atoms with E-state index in [1.165, 1.54) is 13.4 Å². The van der Waals surface area contributed by atoms with Gasteiger partial charge in [-0.1, -0.05) is 42.7 Å². The molecule has 210 valence electrons. The number of hydrogen-bond acceptors (Lipinski definition) is 10. The molecule has 0 saturated heterocycles. The smallest absolute Gasteiger partial charge is 0.298 e. The average molecular weight is 560 g/mol. The molecule has 1 aromatic carbocycles. The first-order valence-electron chi connectivity index (χ1n) is 12.7. The number of anilines is 1. The van der Waals surface area contributed by atoms with Crippen molar-refractivity contribution in [3.8, 4) is 0 Å². The molecule has 1 unspecified atom stereocenters. The van der Waals surface area contributed by atoms with E-state index in [0.29, 0.717) is 43.4 Å². The van der Waals surface area contributed by atoms with Crippen LogP contribution in [0.3, 0.4) is 0 Å². The van der Waals surface area contributed by atoms with Crippen LogP contribution in [-0.2, 0) is 41.2 Å². The molecule has 1 atom stereocenters. The van der Waals surface area contributed by atoms with Gasteiger partial charge in [0.25, 0.3) is 12.0 Å². The number of carbonyl (C=O) groups is 1. The molecule has 13 heteroatoms. The third-order valence-corrected chi connectivity index (χ3v) is 7.65. The van der Waals surface area contributed by atoms with Gasteiger partial charge in [0.2, 0.25) is 5.95 Å². The highest BCUT2D eigenvalue weighted by molar-refractivity contribution is 7.47. The number of aromatic nitrogens is 4. The minimum absolute atomic E-state index is 0.0223. The molecule has 2 heterocycles. The summed E-state index contributed by atoms with van der Waals surface area (Å²) in [5, 5.41) is 0. The van der Waals surface area contributed by atoms with Gasteiger partial charge in [0.1, 0.15) is 13.0 Å². The molecule has 4 rings (SSSR count). The highest BCUT2D eigenvalue weighted by Gasteiger charge is 2.26. The Balaban J connectivity index is 1.39. The SMILES string of the molecule is CO/C(COP(COCCn1cnc2c(=O)[nH]c(N)nc21)OCc1ccc(C)cc1)=C(\OC=O)C1CCCC1. The second kappa shape index (κ2) is 14.2. The minimum Gasteiger partial charge on any atom is -0.495 e. The second-order valence-electron chi connectivity index (χ2n) is 9.15. The molecule has 12 nitrogen and oxygen atoms in total. The van der Waals surface area contributed by atoms with E-state index in [2.05, 4.69) is 15.0 Å². The lowest BCUT2D eigenvalue weighted by Gasteiger charge is -2.21. The van der Waals surface area contributed by atoms with Crippen LogP contribution in [0, 0.1) is 12.8 Å². The fourth-order valence-electron chi connectivity index (χ4n) is 4.37. The van der Waals surface area contributed by atoms with E-state index in [4.69, 9.17) is 29.0 Å². The molecule has 2 aromatic heterocycles. The molecule has 0 amide bonds. The lowest BCUT2D eigenvalue weighted by molar-refractivity contribution is -0.126. The zero-order valence-electron chi connectivity index (χ0n) is 22.1. The number of imidazole rings is 1. The molecule has 1 aliphatic carbocycles. The summed E-state index contributed by atoms with van der Waals surface area (Å²) in [6, 6.07) is 8.06. The number of methoxy groups -OCH3 is 1. The number of nitrogen functional groups attached to an aromatic ring is 1. The number of ether oxygens (including phenoxy) is 3. The molecular weight excluding hydrogens is 525 g/mol. The van der Waals surface area contributed by atoms with Gasteiger partial charge < -0.3 is 33.6 Å². The molecule has 39 heavy (non-hydrogen) atoms. The van der Waals surface area contributed by atoms with E-state index >= 15 is 0 Å². The molecule has 1 aliphatic rings. The summed E-state index contributed by atoms with van der Waals surface area (Å²) in [5.41, 5.74) is 8.05. The first-order chi connectivity index (χ1) is 19.0. The molecule has 0 spiro atoms. The van der Waals surface area contributed by atoms with Crippen LogP contribution in [-0.4, -0.2) is 52.7 Å². The van der Waals surface area contributed by atoms with E-state index in [-0.39, 0.29) is 30.3 Å². The van der Waals surface area contributed by atoms with Gasteiger partial charge in [-0.15, -0.1) is 0 Å². The Bertz CT molecular complexity index is 1320. The number of aryl methyl sites for hydroxylation is 1. The van der Waals surface area contributed by atoms with E-state index in [1.807, 2.05) is 31.2 Å². The number of benzene rings is 1. The van der Waals surface area contributed by atoms with Gasteiger partial charge in [-0.2, -0.15) is 4.98 Å². The van der Waals surface area contributed by atoms with Crippen LogP contribution < -0.4 is 11.3 Å². The molecule has 0 aliphatic heterocycles. The van der Waals surface area contributed by atoms with Crippen LogP contribution in [0.25, 0.3) is 11.2 Å². The van der Waals surface area contributed by atoms with Gasteiger partial charge in [-0.05, 0) is 25.3 Å². The number of aromatic amines is 1. The Morgan fingerprint density at radius 3 is 2.72 bits per heavy atom. The fraction of sp³-hybridized carbons (Fsp3) is 0.462. The minimum atomic E-state index is -1.49. The summed E-state index contributed by atoms with van der Waals surface area (Å²) in [5.74, 6) is 1.14. The molecular formula is C26H34N5O7P. The summed E-state index contributed by atoms with van der Waals surface area (Å²) < 4.78 is 30.7. The average Bonchev–Trinajstić information content (AvgIpc) is 3.60. The van der Waals surface area contributed by atoms with Crippen LogP contribution >= 0.6 is 8.38 Å². The highest BCUT2D eigenvalue weighted by atomic mass is 31.2. The van der Waals surface area contributed by atoms with Crippen LogP contribution in [0.4, 0.5) is 5.95 Å². The van der Waals surface area contributed by atoms with Crippen molar-refractivity contribution in [2.24, 2.45) is 5.92 Å². The number of fused-ring (bicyclic) bond motifs is 1. The van der Waals surface area contributed by atoms with Crippen molar-refractivity contribution in [1.82, 2.24) is 19.5 Å². The molecule has 0 radical (unpaired) electrons. The first kappa shape index (κ1) is 28.7. The van der Waals surface area contributed by atoms with Crippen LogP contribution in [0.2, 0.25) is 0 Å². The van der Waals surface area contributed by atoms with Gasteiger partial charge in [-0.25, -0.2) is 4.98 Å². The summed E-state index contributed by atoms with van der Waals surface area (Å²) in [4.78, 5) is 33.9. The number of hydrogen-bond donors (Lipinski definition) is 2. The molecule has 0 bridgehead atoms. The Labute approximate surface area is 227 Å². The highest BCUT2D eigenvalue weighted by Crippen LogP contribution is 2.41. The Morgan fingerprint density at radius 1 is 1.23 bits per heavy atom. The molecule has 1 fully saturated rings. The molecule has 3 aromatic rings. The quantitative estimate of drug-likeness (QED) is 0.122. The van der Waals surface area contributed by atoms with Gasteiger partial charge in [0.05, 0.1) is 26.7 Å². The number of rotatable bonds is 15. The van der Waals surface area contributed by atoms with Crippen molar-refractivity contribution < 1.29 is 28.1 Å². The molecule has 3 N–H and O–H groups in total. The fourth-order valence-corrected chi connectivity index (χ4v) is 5.43. The number of nitrogens with one attached hydrogen (secondary N) is 1. The standard InChI is InChI=1S/C26H34N5O7P/c1-18-7-9-19(10-8-18)13-37-39(38-14-21(34-2)23(36-16-32)20-5-3-4-6-20)17-35-12-11-31-15-28-22-24(31)29-26(27)30-25(22)33/h7-10,15-16,20H,3-6,11-14,17H2,1-2H3,(H3,27,29,30,33)/b23-21-. The maximum atomic E-state index is 12.0. The normalized spacial score (nSPS) is 15.3. The topological polar surface area (TPSA) is 153 Å². The van der Waals surface area contributed by atoms with Crippen molar-refractivity contribution in [2.75, 3.05) is 32.4 Å². The number of nitrogens with zero attached hydrogens (tertiary/aromatic N) is 3. The predicted octanol–water partition coefficient (Wildman–Crippen LogP) is 3.75. The summed E-state index contributed by atoms with van der Waals surface area (Å²) in [7, 11) is 0.0506. The van der Waals surface area contributed by atoms with Gasteiger partial charge >= 0.3 is 0 Å². The van der Waals surface area contributed by atoms with Crippen molar-refractivity contribution in [3.05, 3.63) is 63.6 Å². The van der Waals surface area contributed by atoms with E-state index in [0.717, 1.165) is 36.8 Å². The third kappa shape index (κ3) is 7.86. The van der Waals surface area contributed by atoms with Crippen molar-refractivity contribution in [3.63, 3.8) is 0 Å². The lowest BCUT2D eigenvalue weighted by Crippen LogP contribution is -2.14. The van der Waals surface area contributed by atoms with Crippen molar-refractivity contribution in [1.29, 1.82) is 0 Å². The Morgan fingerprint density at radius 2 is 2.00 bits per heavy atom.